The van der Waals surface area contributed by atoms with Crippen molar-refractivity contribution < 1.29 is 19.1 Å². The highest BCUT2D eigenvalue weighted by molar-refractivity contribution is 5.86. The Labute approximate surface area is 127 Å². The largest absolute Gasteiger partial charge is 0.453 e. The van der Waals surface area contributed by atoms with Crippen LogP contribution in [-0.2, 0) is 14.3 Å². The number of rotatable bonds is 5. The van der Waals surface area contributed by atoms with Crippen LogP contribution in [0.2, 0.25) is 0 Å². The van der Waals surface area contributed by atoms with E-state index in [1.807, 2.05) is 18.7 Å². The van der Waals surface area contributed by atoms with Gasteiger partial charge in [-0.05, 0) is 18.3 Å². The minimum Gasteiger partial charge on any atom is -0.453 e. The van der Waals surface area contributed by atoms with Crippen LogP contribution in [0.25, 0.3) is 0 Å². The second kappa shape index (κ2) is 7.64. The molecule has 0 spiro atoms. The lowest BCUT2D eigenvalue weighted by atomic mass is 9.98. The van der Waals surface area contributed by atoms with Crippen LogP contribution in [0, 0.1) is 11.8 Å². The number of nitrogens with zero attached hydrogens (tertiary/aromatic N) is 1. The third kappa shape index (κ3) is 4.33. The fraction of sp³-hybridized carbons (Fsp3) is 0.867. The van der Waals surface area contributed by atoms with Gasteiger partial charge in [-0.15, -0.1) is 0 Å². The highest BCUT2D eigenvalue weighted by Gasteiger charge is 2.40. The molecule has 0 aromatic rings. The van der Waals surface area contributed by atoms with Crippen LogP contribution in [0.15, 0.2) is 0 Å². The van der Waals surface area contributed by atoms with Crippen molar-refractivity contribution in [2.45, 2.75) is 52.3 Å². The number of hydrogen-bond acceptors (Lipinski definition) is 4. The SMILES string of the molecule is COC(=O)N[C@H](C(=O)N1C[C@H](OC)C[C@H]1C(C)C)C(C)C. The predicted molar refractivity (Wildman–Crippen MR) is 79.9 cm³/mol. The normalized spacial score (nSPS) is 23.5. The Balaban J connectivity index is 2.88. The Morgan fingerprint density at radius 1 is 1.19 bits per heavy atom. The van der Waals surface area contributed by atoms with Crippen LogP contribution in [0.5, 0.6) is 0 Å². The monoisotopic (exact) mass is 300 g/mol. The average molecular weight is 300 g/mol. The molecule has 0 aromatic carbocycles. The van der Waals surface area contributed by atoms with Gasteiger partial charge in [0.05, 0.1) is 13.2 Å². The van der Waals surface area contributed by atoms with E-state index in [0.29, 0.717) is 12.5 Å². The summed E-state index contributed by atoms with van der Waals surface area (Å²) in [4.78, 5) is 26.1. The minimum atomic E-state index is -0.578. The molecule has 1 N–H and O–H groups in total. The van der Waals surface area contributed by atoms with E-state index in [2.05, 4.69) is 23.9 Å². The van der Waals surface area contributed by atoms with Gasteiger partial charge in [0.1, 0.15) is 6.04 Å². The van der Waals surface area contributed by atoms with E-state index in [-0.39, 0.29) is 24.0 Å². The van der Waals surface area contributed by atoms with Crippen LogP contribution < -0.4 is 5.32 Å². The van der Waals surface area contributed by atoms with Gasteiger partial charge in [0.15, 0.2) is 0 Å². The number of hydrogen-bond donors (Lipinski definition) is 1. The van der Waals surface area contributed by atoms with Crippen molar-refractivity contribution >= 4 is 12.0 Å². The number of alkyl carbamates (subject to hydrolysis) is 1. The van der Waals surface area contributed by atoms with Crippen molar-refractivity contribution in [3.8, 4) is 0 Å². The predicted octanol–water partition coefficient (Wildman–Crippen LogP) is 1.64. The van der Waals surface area contributed by atoms with E-state index in [1.165, 1.54) is 7.11 Å². The molecule has 1 rings (SSSR count). The first-order chi connectivity index (χ1) is 9.81. The number of carbonyl (C=O) groups excluding carboxylic acids is 2. The van der Waals surface area contributed by atoms with Gasteiger partial charge in [-0.3, -0.25) is 4.79 Å². The number of likely N-dealkylation sites (tertiary alicyclic amines) is 1. The van der Waals surface area contributed by atoms with E-state index in [4.69, 9.17) is 4.74 Å². The molecule has 21 heavy (non-hydrogen) atoms. The van der Waals surface area contributed by atoms with Crippen molar-refractivity contribution in [1.82, 2.24) is 10.2 Å². The minimum absolute atomic E-state index is 0.00833. The Hall–Kier alpha value is -1.30. The first-order valence-corrected chi connectivity index (χ1v) is 7.49. The number of methoxy groups -OCH3 is 2. The standard InChI is InChI=1S/C15H28N2O4/c1-9(2)12-7-11(20-5)8-17(12)14(18)13(10(3)4)16-15(19)21-6/h9-13H,7-8H2,1-6H3,(H,16,19)/t11-,12+,13+/m1/s1. The number of ether oxygens (including phenoxy) is 2. The maximum atomic E-state index is 12.8. The van der Waals surface area contributed by atoms with E-state index in [1.54, 1.807) is 7.11 Å². The highest BCUT2D eigenvalue weighted by atomic mass is 16.5. The van der Waals surface area contributed by atoms with E-state index in [0.717, 1.165) is 6.42 Å². The average Bonchev–Trinajstić information content (AvgIpc) is 2.87. The molecule has 0 aliphatic carbocycles. The van der Waals surface area contributed by atoms with Gasteiger partial charge >= 0.3 is 6.09 Å². The smallest absolute Gasteiger partial charge is 0.407 e. The lowest BCUT2D eigenvalue weighted by molar-refractivity contribution is -0.136. The van der Waals surface area contributed by atoms with Crippen molar-refractivity contribution in [3.63, 3.8) is 0 Å². The number of nitrogens with one attached hydrogen (secondary N) is 1. The fourth-order valence-electron chi connectivity index (χ4n) is 2.76. The third-order valence-corrected chi connectivity index (χ3v) is 4.08. The van der Waals surface area contributed by atoms with Gasteiger partial charge in [-0.1, -0.05) is 27.7 Å². The Kier molecular flexibility index (Phi) is 6.45. The Morgan fingerprint density at radius 3 is 2.24 bits per heavy atom. The van der Waals surface area contributed by atoms with E-state index >= 15 is 0 Å². The summed E-state index contributed by atoms with van der Waals surface area (Å²) < 4.78 is 10.0. The molecule has 0 bridgehead atoms. The molecule has 122 valence electrons. The van der Waals surface area contributed by atoms with E-state index < -0.39 is 12.1 Å². The molecule has 6 nitrogen and oxygen atoms in total. The van der Waals surface area contributed by atoms with Crippen LogP contribution in [0.3, 0.4) is 0 Å². The quantitative estimate of drug-likeness (QED) is 0.838. The lowest BCUT2D eigenvalue weighted by Gasteiger charge is -2.32. The molecule has 6 heteroatoms. The molecule has 2 amide bonds. The zero-order valence-electron chi connectivity index (χ0n) is 13.9. The summed E-state index contributed by atoms with van der Waals surface area (Å²) in [7, 11) is 2.97. The molecule has 3 atom stereocenters. The first-order valence-electron chi connectivity index (χ1n) is 7.49. The van der Waals surface area contributed by atoms with Gasteiger partial charge in [0, 0.05) is 19.7 Å². The maximum absolute atomic E-state index is 12.8. The van der Waals surface area contributed by atoms with Gasteiger partial charge in [0.2, 0.25) is 5.91 Å². The van der Waals surface area contributed by atoms with Crippen molar-refractivity contribution in [3.05, 3.63) is 0 Å². The molecule has 0 unspecified atom stereocenters. The molecular formula is C15H28N2O4. The molecule has 0 aromatic heterocycles. The molecular weight excluding hydrogens is 272 g/mol. The summed E-state index contributed by atoms with van der Waals surface area (Å²) in [5.41, 5.74) is 0. The second-order valence-electron chi connectivity index (χ2n) is 6.25. The van der Waals surface area contributed by atoms with Crippen LogP contribution in [0.4, 0.5) is 4.79 Å². The van der Waals surface area contributed by atoms with Crippen LogP contribution >= 0.6 is 0 Å². The lowest BCUT2D eigenvalue weighted by Crippen LogP contribution is -2.53. The van der Waals surface area contributed by atoms with E-state index in [9.17, 15) is 9.59 Å². The summed E-state index contributed by atoms with van der Waals surface area (Å²) in [5, 5.41) is 2.64. The van der Waals surface area contributed by atoms with Crippen molar-refractivity contribution in [1.29, 1.82) is 0 Å². The van der Waals surface area contributed by atoms with Crippen LogP contribution in [0.1, 0.15) is 34.1 Å². The molecule has 0 saturated carbocycles. The summed E-state index contributed by atoms with van der Waals surface area (Å²) in [6.07, 6.45) is 0.320. The molecule has 1 fully saturated rings. The molecule has 1 aliphatic rings. The summed E-state index contributed by atoms with van der Waals surface area (Å²) in [5.74, 6) is 0.277. The van der Waals surface area contributed by atoms with Crippen LogP contribution in [-0.4, -0.2) is 55.9 Å². The molecule has 1 heterocycles. The first kappa shape index (κ1) is 17.8. The number of amides is 2. The van der Waals surface area contributed by atoms with Crippen molar-refractivity contribution in [2.24, 2.45) is 11.8 Å². The van der Waals surface area contributed by atoms with Gasteiger partial charge in [0.25, 0.3) is 0 Å². The zero-order chi connectivity index (χ0) is 16.2. The van der Waals surface area contributed by atoms with Crippen molar-refractivity contribution in [2.75, 3.05) is 20.8 Å². The highest BCUT2D eigenvalue weighted by Crippen LogP contribution is 2.27. The summed E-state index contributed by atoms with van der Waals surface area (Å²) >= 11 is 0. The molecule has 1 saturated heterocycles. The molecule has 1 aliphatic heterocycles. The molecule has 0 radical (unpaired) electrons. The zero-order valence-corrected chi connectivity index (χ0v) is 13.9. The Bertz CT molecular complexity index is 371. The number of carbonyl (C=O) groups is 2. The van der Waals surface area contributed by atoms with Gasteiger partial charge in [-0.25, -0.2) is 4.79 Å². The topological polar surface area (TPSA) is 67.9 Å². The summed E-state index contributed by atoms with van der Waals surface area (Å²) in [6.45, 7) is 8.59. The maximum Gasteiger partial charge on any atom is 0.407 e. The van der Waals surface area contributed by atoms with Gasteiger partial charge < -0.3 is 19.7 Å². The van der Waals surface area contributed by atoms with Gasteiger partial charge in [-0.2, -0.15) is 0 Å². The fourth-order valence-corrected chi connectivity index (χ4v) is 2.76. The Morgan fingerprint density at radius 2 is 1.81 bits per heavy atom. The third-order valence-electron chi connectivity index (χ3n) is 4.08. The second-order valence-corrected chi connectivity index (χ2v) is 6.25. The summed E-state index contributed by atoms with van der Waals surface area (Å²) in [6, 6.07) is -0.433.